The lowest BCUT2D eigenvalue weighted by Crippen LogP contribution is -2.19. The van der Waals surface area contributed by atoms with Crippen molar-refractivity contribution in [2.75, 3.05) is 19.6 Å². The second kappa shape index (κ2) is 5.53. The summed E-state index contributed by atoms with van der Waals surface area (Å²) >= 11 is 1.84. The first-order chi connectivity index (χ1) is 5.83. The topological polar surface area (TPSA) is 32.3 Å². The Morgan fingerprint density at radius 2 is 2.17 bits per heavy atom. The Morgan fingerprint density at radius 1 is 1.50 bits per heavy atom. The summed E-state index contributed by atoms with van der Waals surface area (Å²) < 4.78 is 2.52. The molecule has 0 aliphatic carbocycles. The van der Waals surface area contributed by atoms with Gasteiger partial charge in [0, 0.05) is 12.6 Å². The van der Waals surface area contributed by atoms with E-state index in [1.807, 2.05) is 28.9 Å². The summed E-state index contributed by atoms with van der Waals surface area (Å²) in [5.74, 6) is -0.0326. The predicted molar refractivity (Wildman–Crippen MR) is 57.0 cm³/mol. The van der Waals surface area contributed by atoms with Crippen LogP contribution in [0, 0.1) is 0 Å². The van der Waals surface area contributed by atoms with Crippen LogP contribution in [-0.4, -0.2) is 30.4 Å². The van der Waals surface area contributed by atoms with Gasteiger partial charge in [-0.25, -0.2) is 0 Å². The van der Waals surface area contributed by atoms with E-state index in [-0.39, 0.29) is 5.91 Å². The zero-order valence-electron chi connectivity index (χ0n) is 6.92. The van der Waals surface area contributed by atoms with Gasteiger partial charge in [0.2, 0.25) is 0 Å². The average Bonchev–Trinajstić information content (AvgIpc) is 2.57. The maximum atomic E-state index is 10.8. The third-order valence-electron chi connectivity index (χ3n) is 1.92. The summed E-state index contributed by atoms with van der Waals surface area (Å²) in [5.41, 5.74) is 0. The Hall–Kier alpha value is -0.100. The molecule has 0 unspecified atom stereocenters. The largest absolute Gasteiger partial charge is 0.300 e. The molecule has 0 saturated carbocycles. The van der Waals surface area contributed by atoms with Gasteiger partial charge in [0.05, 0.1) is 22.9 Å². The minimum Gasteiger partial charge on any atom is -0.300 e. The maximum absolute atomic E-state index is 10.8. The molecule has 0 spiro atoms. The van der Waals surface area contributed by atoms with Gasteiger partial charge in [-0.2, -0.15) is 0 Å². The van der Waals surface area contributed by atoms with Crippen LogP contribution in [0.3, 0.4) is 0 Å². The number of hydrogen-bond donors (Lipinski definition) is 1. The van der Waals surface area contributed by atoms with Crippen LogP contribution in [0.25, 0.3) is 0 Å². The van der Waals surface area contributed by atoms with Crippen LogP contribution in [0.2, 0.25) is 0 Å². The molecule has 1 aliphatic heterocycles. The molecule has 1 N–H and O–H groups in total. The number of amides is 1. The van der Waals surface area contributed by atoms with E-state index >= 15 is 0 Å². The number of carbonyl (C=O) groups excluding carboxylic acids is 1. The van der Waals surface area contributed by atoms with E-state index in [2.05, 4.69) is 8.43 Å². The Bertz CT molecular complexity index is 176. The number of nitrogens with one attached hydrogen (secondary N) is 1. The van der Waals surface area contributed by atoms with Gasteiger partial charge in [-0.05, 0) is 25.9 Å². The van der Waals surface area contributed by atoms with E-state index < -0.39 is 0 Å². The van der Waals surface area contributed by atoms with Gasteiger partial charge in [0.15, 0.2) is 0 Å². The van der Waals surface area contributed by atoms with Crippen molar-refractivity contribution in [2.24, 2.45) is 0 Å². The van der Waals surface area contributed by atoms with Gasteiger partial charge in [-0.15, -0.1) is 0 Å². The molecule has 4 heteroatoms. The van der Waals surface area contributed by atoms with Crippen LogP contribution in [0.1, 0.15) is 12.8 Å². The highest BCUT2D eigenvalue weighted by Crippen LogP contribution is 2.06. The molecule has 1 aliphatic rings. The minimum atomic E-state index is -0.0326. The first-order valence-electron chi connectivity index (χ1n) is 4.12. The highest BCUT2D eigenvalue weighted by Gasteiger charge is 2.08. The Morgan fingerprint density at radius 3 is 2.75 bits per heavy atom. The molecule has 3 nitrogen and oxygen atoms in total. The molecule has 1 amide bonds. The molecule has 0 aromatic rings. The first-order valence-corrected chi connectivity index (χ1v) is 5.20. The molecular weight excluding hydrogens is 267 g/mol. The monoisotopic (exact) mass is 280 g/mol. The molecule has 0 aromatic carbocycles. The fourth-order valence-electron chi connectivity index (χ4n) is 1.31. The van der Waals surface area contributed by atoms with Gasteiger partial charge in [0.25, 0.3) is 5.91 Å². The highest BCUT2D eigenvalue weighted by atomic mass is 127. The normalized spacial score (nSPS) is 18.8. The molecule has 1 saturated heterocycles. The third kappa shape index (κ3) is 3.53. The predicted octanol–water partition coefficient (Wildman–Crippen LogP) is 1.10. The van der Waals surface area contributed by atoms with Crippen molar-refractivity contribution in [3.05, 3.63) is 12.2 Å². The summed E-state index contributed by atoms with van der Waals surface area (Å²) in [5, 5.41) is 0. The fraction of sp³-hybridized carbons (Fsp3) is 0.625. The fourth-order valence-corrected chi connectivity index (χ4v) is 1.49. The molecule has 0 radical (unpaired) electrons. The Labute approximate surface area is 86.7 Å². The SMILES string of the molecule is O=C(/C=C/CN1CCCC1)NI. The van der Waals surface area contributed by atoms with E-state index in [1.54, 1.807) is 6.08 Å². The second-order valence-corrected chi connectivity index (χ2v) is 3.41. The lowest BCUT2D eigenvalue weighted by atomic mass is 10.4. The van der Waals surface area contributed by atoms with E-state index in [1.165, 1.54) is 25.9 Å². The number of rotatable bonds is 3. The van der Waals surface area contributed by atoms with Gasteiger partial charge >= 0.3 is 0 Å². The standard InChI is InChI=1S/C8H13IN2O/c9-10-8(12)4-3-7-11-5-1-2-6-11/h3-4H,1-2,5-7H2,(H,10,12)/b4-3+. The zero-order valence-corrected chi connectivity index (χ0v) is 9.08. The van der Waals surface area contributed by atoms with Crippen LogP contribution in [0.5, 0.6) is 0 Å². The third-order valence-corrected chi connectivity index (χ3v) is 2.46. The van der Waals surface area contributed by atoms with Crippen molar-refractivity contribution in [1.82, 2.24) is 8.43 Å². The Balaban J connectivity index is 2.15. The molecule has 68 valence electrons. The molecule has 0 bridgehead atoms. The van der Waals surface area contributed by atoms with Crippen molar-refractivity contribution in [3.8, 4) is 0 Å². The van der Waals surface area contributed by atoms with Crippen LogP contribution in [0.4, 0.5) is 0 Å². The van der Waals surface area contributed by atoms with Gasteiger partial charge in [-0.3, -0.25) is 13.2 Å². The van der Waals surface area contributed by atoms with E-state index in [0.29, 0.717) is 0 Å². The number of carbonyl (C=O) groups is 1. The van der Waals surface area contributed by atoms with Crippen LogP contribution >= 0.6 is 22.9 Å². The van der Waals surface area contributed by atoms with Gasteiger partial charge in [-0.1, -0.05) is 6.08 Å². The quantitative estimate of drug-likeness (QED) is 0.477. The van der Waals surface area contributed by atoms with Crippen molar-refractivity contribution in [3.63, 3.8) is 0 Å². The van der Waals surface area contributed by atoms with E-state index in [9.17, 15) is 4.79 Å². The van der Waals surface area contributed by atoms with E-state index in [4.69, 9.17) is 0 Å². The lowest BCUT2D eigenvalue weighted by Gasteiger charge is -2.09. The highest BCUT2D eigenvalue weighted by molar-refractivity contribution is 14.1. The zero-order chi connectivity index (χ0) is 8.81. The minimum absolute atomic E-state index is 0.0326. The number of likely N-dealkylation sites (tertiary alicyclic amines) is 1. The second-order valence-electron chi connectivity index (χ2n) is 2.87. The number of halogens is 1. The van der Waals surface area contributed by atoms with Crippen molar-refractivity contribution < 1.29 is 4.79 Å². The van der Waals surface area contributed by atoms with E-state index in [0.717, 1.165) is 6.54 Å². The van der Waals surface area contributed by atoms with Gasteiger partial charge < -0.3 is 0 Å². The van der Waals surface area contributed by atoms with Crippen molar-refractivity contribution in [2.45, 2.75) is 12.8 Å². The summed E-state index contributed by atoms with van der Waals surface area (Å²) in [4.78, 5) is 13.1. The van der Waals surface area contributed by atoms with Crippen molar-refractivity contribution in [1.29, 1.82) is 0 Å². The lowest BCUT2D eigenvalue weighted by molar-refractivity contribution is -0.114. The summed E-state index contributed by atoms with van der Waals surface area (Å²) in [6.07, 6.45) is 6.10. The molecule has 1 fully saturated rings. The summed E-state index contributed by atoms with van der Waals surface area (Å²) in [6, 6.07) is 0. The molecule has 12 heavy (non-hydrogen) atoms. The summed E-state index contributed by atoms with van der Waals surface area (Å²) in [6.45, 7) is 3.26. The summed E-state index contributed by atoms with van der Waals surface area (Å²) in [7, 11) is 0. The molecule has 0 atom stereocenters. The molecular formula is C8H13IN2O. The first kappa shape index (κ1) is 9.98. The number of nitrogens with zero attached hydrogens (tertiary/aromatic N) is 1. The molecule has 1 heterocycles. The maximum Gasteiger partial charge on any atom is 0.252 e. The Kier molecular flexibility index (Phi) is 4.60. The van der Waals surface area contributed by atoms with Crippen LogP contribution in [-0.2, 0) is 4.79 Å². The molecule has 1 rings (SSSR count). The van der Waals surface area contributed by atoms with Crippen molar-refractivity contribution >= 4 is 28.8 Å². The molecule has 0 aromatic heterocycles. The van der Waals surface area contributed by atoms with Gasteiger partial charge in [0.1, 0.15) is 0 Å². The number of hydrogen-bond acceptors (Lipinski definition) is 2. The smallest absolute Gasteiger partial charge is 0.252 e. The van der Waals surface area contributed by atoms with Crippen LogP contribution in [0.15, 0.2) is 12.2 Å². The van der Waals surface area contributed by atoms with Crippen LogP contribution < -0.4 is 3.53 Å². The average molecular weight is 280 g/mol.